The second-order valence-electron chi connectivity index (χ2n) is 13.6. The molecule has 0 aromatic rings. The van der Waals surface area contributed by atoms with E-state index in [0.29, 0.717) is 0 Å². The lowest BCUT2D eigenvalue weighted by atomic mass is 9.97. The van der Waals surface area contributed by atoms with E-state index in [4.69, 9.17) is 22.1 Å². The summed E-state index contributed by atoms with van der Waals surface area (Å²) in [4.78, 5) is 27.0. The van der Waals surface area contributed by atoms with Crippen molar-refractivity contribution in [2.24, 2.45) is 0 Å². The van der Waals surface area contributed by atoms with Gasteiger partial charge in [0.2, 0.25) is 16.6 Å². The minimum absolute atomic E-state index is 0.0125. The van der Waals surface area contributed by atoms with E-state index < -0.39 is 65.2 Å². The lowest BCUT2D eigenvalue weighted by Gasteiger charge is -2.42. The largest absolute Gasteiger partial charge is 0.518 e. The number of carbonyl (C=O) groups is 2. The van der Waals surface area contributed by atoms with Crippen molar-refractivity contribution in [2.45, 2.75) is 116 Å². The molecule has 0 fully saturated rings. The van der Waals surface area contributed by atoms with E-state index in [-0.39, 0.29) is 13.0 Å². The average Bonchev–Trinajstić information content (AvgIpc) is 2.44. The fraction of sp³-hybridized carbons (Fsp3) is 0.905. The Morgan fingerprint density at radius 1 is 0.636 bits per heavy atom. The first-order valence-corrected chi connectivity index (χ1v) is 28.8. The third-order valence-corrected chi connectivity index (χ3v) is 8.31. The maximum absolute atomic E-state index is 13.7. The number of carbonyl (C=O) groups excluding carboxylic acids is 2. The van der Waals surface area contributed by atoms with Gasteiger partial charge in [0.15, 0.2) is 30.6 Å². The Balaban J connectivity index is 6.58. The van der Waals surface area contributed by atoms with Gasteiger partial charge in [0.05, 0.1) is 6.61 Å². The summed E-state index contributed by atoms with van der Waals surface area (Å²) in [6.45, 7) is 30.1. The van der Waals surface area contributed by atoms with Gasteiger partial charge in [-0.1, -0.05) is 0 Å². The van der Waals surface area contributed by atoms with Crippen LogP contribution in [0.3, 0.4) is 0 Å². The van der Waals surface area contributed by atoms with Crippen LogP contribution in [0.4, 0.5) is 0 Å². The van der Waals surface area contributed by atoms with E-state index in [1.807, 2.05) is 78.6 Å². The molecule has 1 unspecified atom stereocenters. The molecule has 0 rings (SSSR count). The van der Waals surface area contributed by atoms with E-state index in [2.05, 4.69) is 19.6 Å². The molecule has 0 aliphatic heterocycles. The van der Waals surface area contributed by atoms with Gasteiger partial charge in [-0.3, -0.25) is 9.59 Å². The second-order valence-corrected chi connectivity index (χ2v) is 35.8. The minimum Gasteiger partial charge on any atom is -0.518 e. The number of hydrogen-bond donors (Lipinski definition) is 0. The fourth-order valence-electron chi connectivity index (χ4n) is 2.87. The van der Waals surface area contributed by atoms with Crippen molar-refractivity contribution < 1.29 is 31.7 Å². The van der Waals surface area contributed by atoms with E-state index >= 15 is 0 Å². The molecule has 0 aromatic carbocycles. The van der Waals surface area contributed by atoms with Crippen LogP contribution in [-0.4, -0.2) is 71.8 Å². The van der Waals surface area contributed by atoms with Crippen LogP contribution in [0.15, 0.2) is 0 Å². The van der Waals surface area contributed by atoms with Crippen LogP contribution in [-0.2, 0) is 31.7 Å². The van der Waals surface area contributed by atoms with Crippen LogP contribution < -0.4 is 0 Å². The zero-order chi connectivity index (χ0) is 26.7. The maximum Gasteiger partial charge on any atom is 0.326 e. The Hall–Kier alpha value is -0.0956. The van der Waals surface area contributed by atoms with Crippen molar-refractivity contribution >= 4 is 53.5 Å². The van der Waals surface area contributed by atoms with Gasteiger partial charge in [-0.2, -0.15) is 0 Å². The molecular weight excluding hydrogens is 505 g/mol. The van der Waals surface area contributed by atoms with Gasteiger partial charge in [0.1, 0.15) is 6.10 Å². The first-order valence-electron chi connectivity index (χ1n) is 11.7. The summed E-state index contributed by atoms with van der Waals surface area (Å²) in [7, 11) is -10.9. The van der Waals surface area contributed by atoms with Gasteiger partial charge in [-0.15, -0.1) is 0 Å². The minimum atomic E-state index is -2.27. The highest BCUT2D eigenvalue weighted by atomic mass is 28.4. The molecule has 0 amide bonds. The molecule has 0 radical (unpaired) electrons. The molecule has 33 heavy (non-hydrogen) atoms. The zero-order valence-electron chi connectivity index (χ0n) is 23.8. The van der Waals surface area contributed by atoms with E-state index in [9.17, 15) is 9.59 Å². The molecule has 0 heterocycles. The third-order valence-electron chi connectivity index (χ3n) is 3.69. The van der Waals surface area contributed by atoms with E-state index in [1.54, 1.807) is 0 Å². The molecule has 0 N–H and O–H groups in total. The molecule has 0 aliphatic rings. The van der Waals surface area contributed by atoms with Gasteiger partial charge in [0.25, 0.3) is 0 Å². The van der Waals surface area contributed by atoms with Crippen LogP contribution in [0.5, 0.6) is 0 Å². The highest BCUT2D eigenvalue weighted by Gasteiger charge is 2.51. The van der Waals surface area contributed by atoms with Crippen LogP contribution in [0, 0.1) is 0 Å². The van der Waals surface area contributed by atoms with Crippen LogP contribution in [0.25, 0.3) is 0 Å². The predicted molar refractivity (Wildman–Crippen MR) is 148 cm³/mol. The number of hydrogen-bond acceptors (Lipinski definition) is 7. The topological polar surface area (TPSA) is 80.3 Å². The molecule has 0 saturated carbocycles. The second kappa shape index (κ2) is 11.3. The fourth-order valence-corrected chi connectivity index (χ4v) is 7.45. The molecule has 0 saturated heterocycles. The highest BCUT2D eigenvalue weighted by molar-refractivity contribution is 6.72. The lowest BCUT2D eigenvalue weighted by molar-refractivity contribution is -0.163. The lowest BCUT2D eigenvalue weighted by Crippen LogP contribution is -2.59. The molecular formula is C21H50O7Si5. The summed E-state index contributed by atoms with van der Waals surface area (Å²) in [6.07, 6.45) is -0.919. The van der Waals surface area contributed by atoms with E-state index in [0.717, 1.165) is 0 Å². The van der Waals surface area contributed by atoms with Gasteiger partial charge in [-0.05, 0) is 98.2 Å². The van der Waals surface area contributed by atoms with Crippen LogP contribution >= 0.6 is 0 Å². The Morgan fingerprint density at radius 2 is 1.09 bits per heavy atom. The van der Waals surface area contributed by atoms with Crippen molar-refractivity contribution in [3.63, 3.8) is 0 Å². The summed E-state index contributed by atoms with van der Waals surface area (Å²) in [5.74, 6) is -0.902. The Morgan fingerprint density at radius 3 is 1.42 bits per heavy atom. The Bertz CT molecular complexity index is 667. The first-order chi connectivity index (χ1) is 14.2. The summed E-state index contributed by atoms with van der Waals surface area (Å²) in [6, 6.07) is 0. The molecule has 0 aliphatic carbocycles. The normalized spacial score (nSPS) is 16.7. The maximum atomic E-state index is 13.7. The van der Waals surface area contributed by atoms with Crippen molar-refractivity contribution in [1.82, 2.24) is 0 Å². The monoisotopic (exact) mass is 554 g/mol. The molecule has 2 atom stereocenters. The summed E-state index contributed by atoms with van der Waals surface area (Å²) in [5, 5.41) is 0. The molecule has 12 heteroatoms. The summed E-state index contributed by atoms with van der Waals surface area (Å²) >= 11 is 0. The molecule has 0 aromatic heterocycles. The molecule has 0 bridgehead atoms. The highest BCUT2D eigenvalue weighted by Crippen LogP contribution is 2.31. The molecule has 0 spiro atoms. The summed E-state index contributed by atoms with van der Waals surface area (Å²) < 4.78 is 30.9. The summed E-state index contributed by atoms with van der Waals surface area (Å²) in [5.41, 5.74) is -1.44. The van der Waals surface area contributed by atoms with Gasteiger partial charge in [-0.25, -0.2) is 0 Å². The van der Waals surface area contributed by atoms with Crippen LogP contribution in [0.1, 0.15) is 6.42 Å². The Kier molecular flexibility index (Phi) is 11.3. The van der Waals surface area contributed by atoms with Crippen molar-refractivity contribution in [2.75, 3.05) is 6.61 Å². The number of rotatable bonds is 13. The SMILES string of the molecule is C[Si](C)(C)OC[C@@](CC(O[Si](C)(C)C)C(=O)O[Si](C)(C)C)(O[Si](C)(C)C)C(=O)O[Si](C)(C)C. The van der Waals surface area contributed by atoms with Crippen molar-refractivity contribution in [3.8, 4) is 0 Å². The third kappa shape index (κ3) is 15.5. The standard InChI is InChI=1S/C21H50O7Si5/c1-29(2,3)24-17-21(28-33(13,14)15,20(23)27-32(10,11)12)16-18(25-30(4,5)6)19(22)26-31(7,8)9/h18H,16-17H2,1-15H3/t18?,21-/m1/s1. The van der Waals surface area contributed by atoms with Gasteiger partial charge in [0, 0.05) is 6.42 Å². The van der Waals surface area contributed by atoms with Crippen molar-refractivity contribution in [1.29, 1.82) is 0 Å². The molecule has 7 nitrogen and oxygen atoms in total. The van der Waals surface area contributed by atoms with Crippen LogP contribution in [0.2, 0.25) is 98.2 Å². The van der Waals surface area contributed by atoms with Gasteiger partial charge < -0.3 is 22.1 Å². The molecule has 196 valence electrons. The predicted octanol–water partition coefficient (Wildman–Crippen LogP) is 5.79. The zero-order valence-corrected chi connectivity index (χ0v) is 28.8. The van der Waals surface area contributed by atoms with E-state index in [1.165, 1.54) is 0 Å². The Labute approximate surface area is 207 Å². The quantitative estimate of drug-likeness (QED) is 0.266. The first kappa shape index (κ1) is 32.9. The average molecular weight is 555 g/mol. The van der Waals surface area contributed by atoms with Gasteiger partial charge >= 0.3 is 11.9 Å². The van der Waals surface area contributed by atoms with Crippen molar-refractivity contribution in [3.05, 3.63) is 0 Å². The smallest absolute Gasteiger partial charge is 0.326 e.